The third kappa shape index (κ3) is 4.46. The molecular formula is C26H33N7O. The standard InChI is InChI=1S/C26H33N7O/c1-19-3-4-20(15-22(19)17-27)9-10-31-11-13-32(14-12-31)26(34)25-7-5-21-16-23(6-8-24(21)25)33-18-28-29-30(33)2/h3-4,6,15-16,18,24-25,29H,5,7-14H2,1-2H3/t24-,25?/m0/s1. The van der Waals surface area contributed by atoms with Crippen molar-refractivity contribution in [2.75, 3.05) is 39.8 Å². The molecule has 0 radical (unpaired) electrons. The number of hydrazine groups is 2. The molecule has 8 nitrogen and oxygen atoms in total. The smallest absolute Gasteiger partial charge is 0.226 e. The van der Waals surface area contributed by atoms with Crippen LogP contribution in [0.4, 0.5) is 0 Å². The lowest BCUT2D eigenvalue weighted by molar-refractivity contribution is -0.138. The average Bonchev–Trinajstić information content (AvgIpc) is 3.49. The first-order chi connectivity index (χ1) is 16.5. The van der Waals surface area contributed by atoms with Gasteiger partial charge in [0, 0.05) is 45.7 Å². The van der Waals surface area contributed by atoms with Crippen LogP contribution < -0.4 is 5.53 Å². The van der Waals surface area contributed by atoms with Gasteiger partial charge < -0.3 is 4.90 Å². The zero-order valence-corrected chi connectivity index (χ0v) is 20.1. The SMILES string of the molecule is Cc1ccc(CCN2CCN(C(=O)C3CCC4=CC(N5C=NNN5C)=CC[C@@H]43)CC2)cc1C#N. The number of hydrogen-bond donors (Lipinski definition) is 1. The molecule has 178 valence electrons. The lowest BCUT2D eigenvalue weighted by atomic mass is 9.85. The minimum absolute atomic E-state index is 0.107. The summed E-state index contributed by atoms with van der Waals surface area (Å²) in [5, 5.41) is 17.2. The van der Waals surface area contributed by atoms with Gasteiger partial charge in [0.2, 0.25) is 5.91 Å². The lowest BCUT2D eigenvalue weighted by Crippen LogP contribution is -2.51. The Morgan fingerprint density at radius 3 is 2.82 bits per heavy atom. The second kappa shape index (κ2) is 9.61. The highest BCUT2D eigenvalue weighted by Gasteiger charge is 2.40. The van der Waals surface area contributed by atoms with Crippen molar-refractivity contribution in [1.29, 1.82) is 5.26 Å². The van der Waals surface area contributed by atoms with E-state index in [1.807, 2.05) is 36.2 Å². The summed E-state index contributed by atoms with van der Waals surface area (Å²) in [6, 6.07) is 8.44. The average molecular weight is 460 g/mol. The van der Waals surface area contributed by atoms with Gasteiger partial charge in [-0.1, -0.05) is 23.8 Å². The van der Waals surface area contributed by atoms with Crippen LogP contribution in [0.2, 0.25) is 0 Å². The number of rotatable bonds is 5. The summed E-state index contributed by atoms with van der Waals surface area (Å²) in [6.45, 7) is 6.38. The monoisotopic (exact) mass is 459 g/mol. The van der Waals surface area contributed by atoms with Crippen molar-refractivity contribution in [1.82, 2.24) is 25.5 Å². The number of carbonyl (C=O) groups is 1. The van der Waals surface area contributed by atoms with Gasteiger partial charge in [0.15, 0.2) is 0 Å². The highest BCUT2D eigenvalue weighted by atomic mass is 16.2. The Kier molecular flexibility index (Phi) is 6.40. The van der Waals surface area contributed by atoms with Crippen LogP contribution in [-0.4, -0.2) is 71.9 Å². The molecular weight excluding hydrogens is 426 g/mol. The molecule has 5 rings (SSSR count). The Hall–Kier alpha value is -3.15. The van der Waals surface area contributed by atoms with Crippen LogP contribution in [0.1, 0.15) is 36.0 Å². The number of piperazine rings is 1. The molecule has 1 saturated heterocycles. The number of amides is 1. The molecule has 0 aromatic heterocycles. The van der Waals surface area contributed by atoms with Crippen molar-refractivity contribution in [3.05, 3.63) is 58.3 Å². The number of fused-ring (bicyclic) bond motifs is 1. The molecule has 1 aromatic rings. The van der Waals surface area contributed by atoms with E-state index >= 15 is 0 Å². The zero-order chi connectivity index (χ0) is 23.7. The van der Waals surface area contributed by atoms with Gasteiger partial charge in [-0.15, -0.1) is 5.12 Å². The summed E-state index contributed by atoms with van der Waals surface area (Å²) in [5.41, 5.74) is 8.43. The quantitative estimate of drug-likeness (QED) is 0.729. The summed E-state index contributed by atoms with van der Waals surface area (Å²) < 4.78 is 0. The van der Waals surface area contributed by atoms with Crippen LogP contribution in [0.25, 0.3) is 0 Å². The van der Waals surface area contributed by atoms with Gasteiger partial charge in [-0.3, -0.25) is 9.69 Å². The summed E-state index contributed by atoms with van der Waals surface area (Å²) in [6.07, 6.45) is 10.1. The maximum absolute atomic E-state index is 13.4. The molecule has 2 heterocycles. The fourth-order valence-electron chi connectivity index (χ4n) is 5.60. The van der Waals surface area contributed by atoms with Gasteiger partial charge in [0.05, 0.1) is 17.3 Å². The molecule has 4 aliphatic rings. The number of carbonyl (C=O) groups excluding carboxylic acids is 1. The number of hydrazone groups is 1. The Balaban J connectivity index is 1.12. The van der Waals surface area contributed by atoms with Crippen LogP contribution in [0.3, 0.4) is 0 Å². The first kappa shape index (κ1) is 22.6. The van der Waals surface area contributed by atoms with E-state index in [9.17, 15) is 10.1 Å². The zero-order valence-electron chi connectivity index (χ0n) is 20.1. The van der Waals surface area contributed by atoms with E-state index in [0.717, 1.165) is 75.2 Å². The molecule has 1 saturated carbocycles. The van der Waals surface area contributed by atoms with Crippen molar-refractivity contribution >= 4 is 12.2 Å². The van der Waals surface area contributed by atoms with E-state index < -0.39 is 0 Å². The Morgan fingerprint density at radius 2 is 2.09 bits per heavy atom. The molecule has 2 fully saturated rings. The summed E-state index contributed by atoms with van der Waals surface area (Å²) in [5.74, 6) is 0.780. The normalized spacial score (nSPS) is 25.0. The second-order valence-corrected chi connectivity index (χ2v) is 9.73. The van der Waals surface area contributed by atoms with Crippen molar-refractivity contribution in [3.8, 4) is 6.07 Å². The molecule has 1 N–H and O–H groups in total. The molecule has 2 aliphatic heterocycles. The summed E-state index contributed by atoms with van der Waals surface area (Å²) in [7, 11) is 1.93. The van der Waals surface area contributed by atoms with E-state index in [1.54, 1.807) is 6.34 Å². The van der Waals surface area contributed by atoms with Crippen molar-refractivity contribution < 1.29 is 4.79 Å². The number of nitrogens with one attached hydrogen (secondary N) is 1. The minimum Gasteiger partial charge on any atom is -0.340 e. The number of aryl methyl sites for hydroxylation is 1. The molecule has 1 amide bonds. The largest absolute Gasteiger partial charge is 0.340 e. The number of nitrogens with zero attached hydrogens (tertiary/aromatic N) is 6. The maximum Gasteiger partial charge on any atom is 0.226 e. The molecule has 34 heavy (non-hydrogen) atoms. The molecule has 0 bridgehead atoms. The third-order valence-electron chi connectivity index (χ3n) is 7.72. The predicted octanol–water partition coefficient (Wildman–Crippen LogP) is 2.40. The van der Waals surface area contributed by atoms with Crippen LogP contribution in [0.15, 0.2) is 46.7 Å². The van der Waals surface area contributed by atoms with Gasteiger partial charge in [0.1, 0.15) is 6.34 Å². The summed E-state index contributed by atoms with van der Waals surface area (Å²) >= 11 is 0. The molecule has 1 unspecified atom stereocenters. The second-order valence-electron chi connectivity index (χ2n) is 9.73. The van der Waals surface area contributed by atoms with Gasteiger partial charge in [-0.25, -0.2) is 10.5 Å². The Bertz CT molecular complexity index is 1080. The highest BCUT2D eigenvalue weighted by Crippen LogP contribution is 2.43. The Labute approximate surface area is 201 Å². The van der Waals surface area contributed by atoms with Crippen LogP contribution in [0.5, 0.6) is 0 Å². The fourth-order valence-corrected chi connectivity index (χ4v) is 5.60. The number of nitriles is 1. The van der Waals surface area contributed by atoms with Crippen LogP contribution in [0, 0.1) is 30.1 Å². The maximum atomic E-state index is 13.4. The van der Waals surface area contributed by atoms with E-state index in [-0.39, 0.29) is 5.92 Å². The molecule has 2 atom stereocenters. The number of hydrogen-bond acceptors (Lipinski definition) is 7. The molecule has 8 heteroatoms. The number of benzene rings is 1. The topological polar surface area (TPSA) is 78.2 Å². The van der Waals surface area contributed by atoms with Gasteiger partial charge in [0.25, 0.3) is 0 Å². The van der Waals surface area contributed by atoms with E-state index in [0.29, 0.717) is 11.8 Å². The Morgan fingerprint density at radius 1 is 1.26 bits per heavy atom. The van der Waals surface area contributed by atoms with E-state index in [4.69, 9.17) is 0 Å². The fraction of sp³-hybridized carbons (Fsp3) is 0.500. The van der Waals surface area contributed by atoms with Crippen molar-refractivity contribution in [2.45, 2.75) is 32.6 Å². The first-order valence-electron chi connectivity index (χ1n) is 12.3. The highest BCUT2D eigenvalue weighted by molar-refractivity contribution is 5.80. The molecule has 1 aromatic carbocycles. The van der Waals surface area contributed by atoms with Crippen molar-refractivity contribution in [3.63, 3.8) is 0 Å². The van der Waals surface area contributed by atoms with E-state index in [2.05, 4.69) is 44.7 Å². The van der Waals surface area contributed by atoms with Gasteiger partial charge >= 0.3 is 0 Å². The van der Waals surface area contributed by atoms with Crippen molar-refractivity contribution in [2.24, 2.45) is 16.9 Å². The number of allylic oxidation sites excluding steroid dienone is 3. The first-order valence-corrected chi connectivity index (χ1v) is 12.3. The lowest BCUT2D eigenvalue weighted by Gasteiger charge is -2.37. The van der Waals surface area contributed by atoms with Gasteiger partial charge in [-0.2, -0.15) is 10.4 Å². The molecule has 0 spiro atoms. The summed E-state index contributed by atoms with van der Waals surface area (Å²) in [4.78, 5) is 17.9. The van der Waals surface area contributed by atoms with Crippen LogP contribution in [-0.2, 0) is 11.2 Å². The molecule has 2 aliphatic carbocycles. The van der Waals surface area contributed by atoms with Gasteiger partial charge in [-0.05, 0) is 61.8 Å². The minimum atomic E-state index is 0.107. The third-order valence-corrected chi connectivity index (χ3v) is 7.72. The predicted molar refractivity (Wildman–Crippen MR) is 131 cm³/mol. The van der Waals surface area contributed by atoms with Crippen LogP contribution >= 0.6 is 0 Å². The van der Waals surface area contributed by atoms with E-state index in [1.165, 1.54) is 11.1 Å².